The predicted molar refractivity (Wildman–Crippen MR) is 109 cm³/mol. The minimum absolute atomic E-state index is 0.0816. The van der Waals surface area contributed by atoms with Crippen LogP contribution < -0.4 is 14.2 Å². The van der Waals surface area contributed by atoms with Crippen LogP contribution in [0.2, 0.25) is 0 Å². The van der Waals surface area contributed by atoms with Crippen molar-refractivity contribution in [2.24, 2.45) is 0 Å². The number of ketones is 1. The molecular formula is C23H25NO4. The van der Waals surface area contributed by atoms with Crippen molar-refractivity contribution in [1.29, 1.82) is 0 Å². The normalized spacial score (nSPS) is 10.6. The maximum atomic E-state index is 12.8. The van der Waals surface area contributed by atoms with Gasteiger partial charge in [0, 0.05) is 22.6 Å². The summed E-state index contributed by atoms with van der Waals surface area (Å²) in [7, 11) is 3.11. The number of carbonyl (C=O) groups is 1. The van der Waals surface area contributed by atoms with Gasteiger partial charge in [-0.15, -0.1) is 0 Å². The van der Waals surface area contributed by atoms with Crippen LogP contribution in [-0.4, -0.2) is 31.2 Å². The fourth-order valence-electron chi connectivity index (χ4n) is 3.33. The second-order valence-corrected chi connectivity index (χ2v) is 6.66. The Labute approximate surface area is 165 Å². The Kier molecular flexibility index (Phi) is 5.73. The lowest BCUT2D eigenvalue weighted by atomic mass is 10.1. The van der Waals surface area contributed by atoms with Crippen LogP contribution in [-0.2, 0) is 0 Å². The number of aryl methyl sites for hydroxylation is 2. The number of carbonyl (C=O) groups excluding carboxylic acids is 1. The molecule has 1 aromatic heterocycles. The molecule has 0 N–H and O–H groups in total. The Morgan fingerprint density at radius 3 is 2.25 bits per heavy atom. The van der Waals surface area contributed by atoms with Gasteiger partial charge in [0.05, 0.1) is 14.2 Å². The third-order valence-electron chi connectivity index (χ3n) is 4.75. The number of nitrogens with zero attached hydrogens (tertiary/aromatic N) is 1. The van der Waals surface area contributed by atoms with Gasteiger partial charge in [0.25, 0.3) is 0 Å². The summed E-state index contributed by atoms with van der Waals surface area (Å²) in [4.78, 5) is 12.8. The molecule has 3 aromatic rings. The topological polar surface area (TPSA) is 49.7 Å². The second-order valence-electron chi connectivity index (χ2n) is 6.66. The van der Waals surface area contributed by atoms with E-state index in [2.05, 4.69) is 35.8 Å². The molecule has 0 spiro atoms. The van der Waals surface area contributed by atoms with Crippen molar-refractivity contribution in [1.82, 2.24) is 4.57 Å². The average Bonchev–Trinajstić information content (AvgIpc) is 3.00. The number of rotatable bonds is 7. The number of Topliss-reactive ketones (excluding diaryl/α,β-unsaturated/α-hetero) is 1. The van der Waals surface area contributed by atoms with Gasteiger partial charge < -0.3 is 18.8 Å². The zero-order valence-electron chi connectivity index (χ0n) is 16.9. The first-order chi connectivity index (χ1) is 13.5. The van der Waals surface area contributed by atoms with Crippen LogP contribution in [0, 0.1) is 20.8 Å². The van der Waals surface area contributed by atoms with Gasteiger partial charge in [-0.3, -0.25) is 4.79 Å². The van der Waals surface area contributed by atoms with E-state index in [4.69, 9.17) is 14.2 Å². The fourth-order valence-corrected chi connectivity index (χ4v) is 3.33. The third-order valence-corrected chi connectivity index (χ3v) is 4.75. The summed E-state index contributed by atoms with van der Waals surface area (Å²) in [6.45, 7) is 5.92. The molecule has 1 heterocycles. The lowest BCUT2D eigenvalue weighted by molar-refractivity contribution is 0.0918. The number of ether oxygens (including phenoxy) is 3. The van der Waals surface area contributed by atoms with Crippen LogP contribution in [0.4, 0.5) is 0 Å². The van der Waals surface area contributed by atoms with E-state index < -0.39 is 0 Å². The molecule has 0 radical (unpaired) electrons. The highest BCUT2D eigenvalue weighted by Gasteiger charge is 2.18. The molecule has 0 aliphatic carbocycles. The molecule has 5 heteroatoms. The molecule has 3 rings (SSSR count). The molecule has 2 aromatic carbocycles. The van der Waals surface area contributed by atoms with Crippen molar-refractivity contribution in [3.63, 3.8) is 0 Å². The van der Waals surface area contributed by atoms with Gasteiger partial charge in [-0.05, 0) is 51.1 Å². The van der Waals surface area contributed by atoms with E-state index in [1.54, 1.807) is 32.4 Å². The Morgan fingerprint density at radius 1 is 0.929 bits per heavy atom. The van der Waals surface area contributed by atoms with Crippen LogP contribution in [0.15, 0.2) is 48.5 Å². The predicted octanol–water partition coefficient (Wildman–Crippen LogP) is 4.68. The molecule has 28 heavy (non-hydrogen) atoms. The molecule has 0 atom stereocenters. The van der Waals surface area contributed by atoms with Crippen molar-refractivity contribution < 1.29 is 19.0 Å². The van der Waals surface area contributed by atoms with Gasteiger partial charge in [0.1, 0.15) is 0 Å². The van der Waals surface area contributed by atoms with Crippen molar-refractivity contribution >= 4 is 5.78 Å². The van der Waals surface area contributed by atoms with Crippen LogP contribution in [0.25, 0.3) is 5.69 Å². The molecule has 0 bridgehead atoms. The van der Waals surface area contributed by atoms with Gasteiger partial charge in [0.15, 0.2) is 18.1 Å². The largest absolute Gasteiger partial charge is 0.493 e. The van der Waals surface area contributed by atoms with Crippen molar-refractivity contribution in [2.45, 2.75) is 20.8 Å². The van der Waals surface area contributed by atoms with Gasteiger partial charge in [-0.25, -0.2) is 0 Å². The first kappa shape index (κ1) is 19.5. The van der Waals surface area contributed by atoms with E-state index in [-0.39, 0.29) is 12.4 Å². The zero-order chi connectivity index (χ0) is 20.3. The summed E-state index contributed by atoms with van der Waals surface area (Å²) >= 11 is 0. The quantitative estimate of drug-likeness (QED) is 0.559. The van der Waals surface area contributed by atoms with Crippen LogP contribution in [0.5, 0.6) is 17.2 Å². The molecule has 0 fully saturated rings. The first-order valence-corrected chi connectivity index (χ1v) is 9.09. The zero-order valence-corrected chi connectivity index (χ0v) is 16.9. The van der Waals surface area contributed by atoms with E-state index in [1.165, 1.54) is 5.56 Å². The standard InChI is InChI=1S/C23H25NO4/c1-15-9-11-18(12-10-15)24-16(2)13-19(17(24)3)20(25)14-28-22-8-6-7-21(26-4)23(22)27-5/h6-13H,14H2,1-5H3. The molecule has 0 unspecified atom stereocenters. The lowest BCUT2D eigenvalue weighted by Gasteiger charge is -2.13. The number of benzene rings is 2. The SMILES string of the molecule is COc1cccc(OCC(=O)c2cc(C)n(-c3ccc(C)cc3)c2C)c1OC. The highest BCUT2D eigenvalue weighted by molar-refractivity contribution is 5.98. The van der Waals surface area contributed by atoms with Crippen LogP contribution in [0.3, 0.4) is 0 Å². The van der Waals surface area contributed by atoms with E-state index in [1.807, 2.05) is 19.9 Å². The van der Waals surface area contributed by atoms with Gasteiger partial charge in [0.2, 0.25) is 11.5 Å². The van der Waals surface area contributed by atoms with Crippen molar-refractivity contribution in [2.75, 3.05) is 20.8 Å². The number of methoxy groups -OCH3 is 2. The maximum Gasteiger partial charge on any atom is 0.203 e. The number of hydrogen-bond donors (Lipinski definition) is 0. The summed E-state index contributed by atoms with van der Waals surface area (Å²) in [5.74, 6) is 1.42. The third kappa shape index (κ3) is 3.74. The minimum atomic E-state index is -0.0867. The smallest absolute Gasteiger partial charge is 0.203 e. The number of hydrogen-bond acceptors (Lipinski definition) is 4. The molecule has 0 amide bonds. The molecule has 0 saturated heterocycles. The summed E-state index contributed by atoms with van der Waals surface area (Å²) in [5, 5.41) is 0. The summed E-state index contributed by atoms with van der Waals surface area (Å²) in [6.07, 6.45) is 0. The van der Waals surface area contributed by atoms with E-state index in [0.717, 1.165) is 17.1 Å². The molecule has 146 valence electrons. The summed E-state index contributed by atoms with van der Waals surface area (Å²) < 4.78 is 18.5. The van der Waals surface area contributed by atoms with Crippen molar-refractivity contribution in [3.8, 4) is 22.9 Å². The lowest BCUT2D eigenvalue weighted by Crippen LogP contribution is -2.13. The summed E-state index contributed by atoms with van der Waals surface area (Å²) in [6, 6.07) is 15.5. The van der Waals surface area contributed by atoms with E-state index >= 15 is 0 Å². The molecule has 5 nitrogen and oxygen atoms in total. The van der Waals surface area contributed by atoms with Crippen molar-refractivity contribution in [3.05, 3.63) is 71.0 Å². The molecule has 0 aliphatic heterocycles. The van der Waals surface area contributed by atoms with E-state index in [0.29, 0.717) is 22.8 Å². The maximum absolute atomic E-state index is 12.8. The summed E-state index contributed by atoms with van der Waals surface area (Å²) in [5.41, 5.74) is 4.79. The highest BCUT2D eigenvalue weighted by Crippen LogP contribution is 2.36. The second kappa shape index (κ2) is 8.21. The number of para-hydroxylation sites is 1. The van der Waals surface area contributed by atoms with E-state index in [9.17, 15) is 4.79 Å². The number of aromatic nitrogens is 1. The molecular weight excluding hydrogens is 354 g/mol. The highest BCUT2D eigenvalue weighted by atomic mass is 16.5. The Hall–Kier alpha value is -3.21. The van der Waals surface area contributed by atoms with Crippen LogP contribution in [0.1, 0.15) is 27.3 Å². The fraction of sp³-hybridized carbons (Fsp3) is 0.261. The Balaban J connectivity index is 1.83. The average molecular weight is 379 g/mol. The monoisotopic (exact) mass is 379 g/mol. The van der Waals surface area contributed by atoms with Gasteiger partial charge in [-0.2, -0.15) is 0 Å². The van der Waals surface area contributed by atoms with Gasteiger partial charge in [-0.1, -0.05) is 23.8 Å². The first-order valence-electron chi connectivity index (χ1n) is 9.09. The minimum Gasteiger partial charge on any atom is -0.493 e. The Morgan fingerprint density at radius 2 is 1.61 bits per heavy atom. The van der Waals surface area contributed by atoms with Gasteiger partial charge >= 0.3 is 0 Å². The molecule has 0 saturated carbocycles. The molecule has 0 aliphatic rings. The Bertz CT molecular complexity index is 987. The van der Waals surface area contributed by atoms with Crippen LogP contribution >= 0.6 is 0 Å².